The third kappa shape index (κ3) is 4.72. The number of aromatic nitrogens is 1. The molecule has 2 heterocycles. The molecule has 0 saturated carbocycles. The van der Waals surface area contributed by atoms with Crippen LogP contribution in [0.1, 0.15) is 12.0 Å². The Morgan fingerprint density at radius 2 is 1.88 bits per heavy atom. The normalized spacial score (nSPS) is 14.2. The summed E-state index contributed by atoms with van der Waals surface area (Å²) in [6, 6.07) is 14.0. The van der Waals surface area contributed by atoms with Gasteiger partial charge in [-0.15, -0.1) is 0 Å². The molecule has 0 unspecified atom stereocenters. The van der Waals surface area contributed by atoms with Crippen molar-refractivity contribution in [3.63, 3.8) is 0 Å². The number of ether oxygens (including phenoxy) is 1. The first-order chi connectivity index (χ1) is 12.6. The third-order valence-electron chi connectivity index (χ3n) is 4.26. The van der Waals surface area contributed by atoms with Gasteiger partial charge in [0.15, 0.2) is 0 Å². The number of pyridine rings is 1. The molecular formula is C19H23N5O2. The summed E-state index contributed by atoms with van der Waals surface area (Å²) in [4.78, 5) is 20.5. The SMILES string of the molecule is N=C(N)CC(=O)OCc1cccc(N2CCN(c3ccccn3)CC2)c1. The highest BCUT2D eigenvalue weighted by molar-refractivity contribution is 5.94. The number of esters is 1. The van der Waals surface area contributed by atoms with Gasteiger partial charge in [0.25, 0.3) is 0 Å². The number of piperazine rings is 1. The maximum atomic E-state index is 11.5. The smallest absolute Gasteiger partial charge is 0.313 e. The lowest BCUT2D eigenvalue weighted by Crippen LogP contribution is -2.46. The summed E-state index contributed by atoms with van der Waals surface area (Å²) in [6.07, 6.45) is 1.65. The van der Waals surface area contributed by atoms with Crippen LogP contribution in [-0.2, 0) is 16.1 Å². The lowest BCUT2D eigenvalue weighted by molar-refractivity contribution is -0.143. The molecule has 1 aromatic carbocycles. The van der Waals surface area contributed by atoms with Gasteiger partial charge < -0.3 is 20.3 Å². The molecule has 1 aliphatic heterocycles. The van der Waals surface area contributed by atoms with Gasteiger partial charge in [0.1, 0.15) is 24.7 Å². The minimum atomic E-state index is -0.480. The minimum absolute atomic E-state index is 0.171. The zero-order valence-corrected chi connectivity index (χ0v) is 14.6. The van der Waals surface area contributed by atoms with Gasteiger partial charge in [-0.25, -0.2) is 4.98 Å². The molecule has 136 valence electrons. The predicted molar refractivity (Wildman–Crippen MR) is 101 cm³/mol. The van der Waals surface area contributed by atoms with Crippen LogP contribution in [0.25, 0.3) is 0 Å². The number of nitrogens with zero attached hydrogens (tertiary/aromatic N) is 3. The molecule has 1 aromatic heterocycles. The molecule has 2 aromatic rings. The number of anilines is 2. The highest BCUT2D eigenvalue weighted by atomic mass is 16.5. The number of rotatable bonds is 6. The van der Waals surface area contributed by atoms with Gasteiger partial charge in [-0.3, -0.25) is 10.2 Å². The van der Waals surface area contributed by atoms with Crippen molar-refractivity contribution in [2.75, 3.05) is 36.0 Å². The summed E-state index contributed by atoms with van der Waals surface area (Å²) in [5.74, 6) is 0.347. The molecule has 0 bridgehead atoms. The molecule has 0 amide bonds. The number of nitrogens with one attached hydrogen (secondary N) is 1. The molecule has 3 N–H and O–H groups in total. The van der Waals surface area contributed by atoms with Crippen molar-refractivity contribution < 1.29 is 9.53 Å². The summed E-state index contributed by atoms with van der Waals surface area (Å²) in [7, 11) is 0. The Morgan fingerprint density at radius 3 is 2.58 bits per heavy atom. The second kappa shape index (κ2) is 8.33. The molecule has 0 atom stereocenters. The average molecular weight is 353 g/mol. The van der Waals surface area contributed by atoms with Gasteiger partial charge in [-0.05, 0) is 29.8 Å². The molecule has 0 spiro atoms. The fraction of sp³-hybridized carbons (Fsp3) is 0.316. The van der Waals surface area contributed by atoms with E-state index in [4.69, 9.17) is 15.9 Å². The molecule has 1 fully saturated rings. The van der Waals surface area contributed by atoms with Gasteiger partial charge in [-0.1, -0.05) is 18.2 Å². The number of hydrogen-bond donors (Lipinski definition) is 2. The Hall–Kier alpha value is -3.09. The molecule has 7 heteroatoms. The average Bonchev–Trinajstić information content (AvgIpc) is 2.67. The van der Waals surface area contributed by atoms with E-state index in [0.29, 0.717) is 0 Å². The molecule has 7 nitrogen and oxygen atoms in total. The monoisotopic (exact) mass is 353 g/mol. The second-order valence-corrected chi connectivity index (χ2v) is 6.19. The first-order valence-corrected chi connectivity index (χ1v) is 8.60. The van der Waals surface area contributed by atoms with Gasteiger partial charge in [0.05, 0.1) is 0 Å². The Labute approximate surface area is 152 Å². The van der Waals surface area contributed by atoms with Crippen LogP contribution in [0.3, 0.4) is 0 Å². The van der Waals surface area contributed by atoms with E-state index in [1.807, 2.05) is 42.6 Å². The number of carbonyl (C=O) groups is 1. The van der Waals surface area contributed by atoms with Crippen molar-refractivity contribution in [1.82, 2.24) is 4.98 Å². The molecule has 1 saturated heterocycles. The third-order valence-corrected chi connectivity index (χ3v) is 4.26. The van der Waals surface area contributed by atoms with E-state index in [0.717, 1.165) is 43.2 Å². The highest BCUT2D eigenvalue weighted by Gasteiger charge is 2.18. The number of nitrogens with two attached hydrogens (primary N) is 1. The van der Waals surface area contributed by atoms with E-state index in [9.17, 15) is 4.79 Å². The van der Waals surface area contributed by atoms with E-state index in [1.54, 1.807) is 0 Å². The van der Waals surface area contributed by atoms with Gasteiger partial charge >= 0.3 is 5.97 Å². The van der Waals surface area contributed by atoms with Crippen molar-refractivity contribution in [2.45, 2.75) is 13.0 Å². The minimum Gasteiger partial charge on any atom is -0.460 e. The largest absolute Gasteiger partial charge is 0.460 e. The topological polar surface area (TPSA) is 95.5 Å². The molecular weight excluding hydrogens is 330 g/mol. The van der Waals surface area contributed by atoms with Crippen molar-refractivity contribution in [2.24, 2.45) is 5.73 Å². The van der Waals surface area contributed by atoms with E-state index < -0.39 is 5.97 Å². The Balaban J connectivity index is 1.55. The summed E-state index contributed by atoms with van der Waals surface area (Å²) < 4.78 is 5.16. The number of carbonyl (C=O) groups excluding carboxylic acids is 1. The Bertz CT molecular complexity index is 758. The number of hydrogen-bond acceptors (Lipinski definition) is 6. The highest BCUT2D eigenvalue weighted by Crippen LogP contribution is 2.20. The van der Waals surface area contributed by atoms with Crippen LogP contribution >= 0.6 is 0 Å². The van der Waals surface area contributed by atoms with Crippen LogP contribution < -0.4 is 15.5 Å². The van der Waals surface area contributed by atoms with Crippen LogP contribution in [0.2, 0.25) is 0 Å². The van der Waals surface area contributed by atoms with E-state index in [2.05, 4.69) is 20.9 Å². The van der Waals surface area contributed by atoms with E-state index in [-0.39, 0.29) is 18.9 Å². The first kappa shape index (κ1) is 17.7. The van der Waals surface area contributed by atoms with Crippen LogP contribution in [0.5, 0.6) is 0 Å². The van der Waals surface area contributed by atoms with Crippen LogP contribution in [0.15, 0.2) is 48.7 Å². The predicted octanol–water partition coefficient (Wildman–Crippen LogP) is 1.78. The standard InChI is InChI=1S/C19H23N5O2/c20-17(21)13-19(25)26-14-15-4-3-5-16(12-15)23-8-10-24(11-9-23)18-6-1-2-7-22-18/h1-7,12H,8-11,13-14H2,(H3,20,21). The zero-order chi connectivity index (χ0) is 18.4. The summed E-state index contributed by atoms with van der Waals surface area (Å²) in [5, 5.41) is 7.12. The van der Waals surface area contributed by atoms with Gasteiger partial charge in [-0.2, -0.15) is 0 Å². The molecule has 26 heavy (non-hydrogen) atoms. The van der Waals surface area contributed by atoms with Crippen molar-refractivity contribution >= 4 is 23.3 Å². The van der Waals surface area contributed by atoms with Crippen molar-refractivity contribution in [3.05, 3.63) is 54.2 Å². The van der Waals surface area contributed by atoms with Crippen LogP contribution in [0.4, 0.5) is 11.5 Å². The van der Waals surface area contributed by atoms with Crippen molar-refractivity contribution in [1.29, 1.82) is 5.41 Å². The fourth-order valence-electron chi connectivity index (χ4n) is 2.95. The lowest BCUT2D eigenvalue weighted by Gasteiger charge is -2.36. The summed E-state index contributed by atoms with van der Waals surface area (Å²) >= 11 is 0. The van der Waals surface area contributed by atoms with Gasteiger partial charge in [0, 0.05) is 38.1 Å². The zero-order valence-electron chi connectivity index (χ0n) is 14.6. The van der Waals surface area contributed by atoms with Crippen LogP contribution in [-0.4, -0.2) is 43.0 Å². The van der Waals surface area contributed by atoms with Gasteiger partial charge in [0.2, 0.25) is 0 Å². The quantitative estimate of drug-likeness (QED) is 0.467. The van der Waals surface area contributed by atoms with E-state index in [1.165, 1.54) is 0 Å². The number of amidine groups is 1. The van der Waals surface area contributed by atoms with E-state index >= 15 is 0 Å². The maximum absolute atomic E-state index is 11.5. The maximum Gasteiger partial charge on any atom is 0.313 e. The van der Waals surface area contributed by atoms with Crippen LogP contribution in [0, 0.1) is 5.41 Å². The second-order valence-electron chi connectivity index (χ2n) is 6.19. The Kier molecular flexibility index (Phi) is 5.68. The van der Waals surface area contributed by atoms with Crippen molar-refractivity contribution in [3.8, 4) is 0 Å². The fourth-order valence-corrected chi connectivity index (χ4v) is 2.95. The number of benzene rings is 1. The molecule has 3 rings (SSSR count). The molecule has 0 aliphatic carbocycles. The first-order valence-electron chi connectivity index (χ1n) is 8.60. The Morgan fingerprint density at radius 1 is 1.12 bits per heavy atom. The molecule has 1 aliphatic rings. The lowest BCUT2D eigenvalue weighted by atomic mass is 10.1. The molecule has 0 radical (unpaired) electrons. The summed E-state index contributed by atoms with van der Waals surface area (Å²) in [6.45, 7) is 3.83. The summed E-state index contributed by atoms with van der Waals surface area (Å²) in [5.41, 5.74) is 7.24.